The smallest absolute Gasteiger partial charge is 0.275 e. The van der Waals surface area contributed by atoms with E-state index in [1.54, 1.807) is 24.4 Å². The Labute approximate surface area is 169 Å². The molecule has 28 heavy (non-hydrogen) atoms. The Kier molecular flexibility index (Phi) is 6.31. The number of aryl methyl sites for hydroxylation is 1. The summed E-state index contributed by atoms with van der Waals surface area (Å²) >= 11 is 6.18. The summed E-state index contributed by atoms with van der Waals surface area (Å²) in [4.78, 5) is 16.3. The number of nitrogens with one attached hydrogen (secondary N) is 1. The van der Waals surface area contributed by atoms with Crippen molar-refractivity contribution in [3.8, 4) is 5.75 Å². The van der Waals surface area contributed by atoms with Gasteiger partial charge in [-0.3, -0.25) is 14.5 Å². The Morgan fingerprint density at radius 1 is 1.25 bits per heavy atom. The molecule has 146 valence electrons. The summed E-state index contributed by atoms with van der Waals surface area (Å²) in [5.41, 5.74) is 2.18. The van der Waals surface area contributed by atoms with Crippen LogP contribution in [0.1, 0.15) is 35.6 Å². The van der Waals surface area contributed by atoms with Gasteiger partial charge >= 0.3 is 0 Å². The molecule has 0 radical (unpaired) electrons. The highest BCUT2D eigenvalue weighted by atomic mass is 35.5. The van der Waals surface area contributed by atoms with Crippen molar-refractivity contribution in [3.05, 3.63) is 70.6 Å². The van der Waals surface area contributed by atoms with Gasteiger partial charge in [0.15, 0.2) is 5.82 Å². The Hall–Kier alpha value is -2.86. The van der Waals surface area contributed by atoms with Crippen molar-refractivity contribution in [2.75, 3.05) is 11.9 Å². The van der Waals surface area contributed by atoms with Crippen LogP contribution in [0.4, 0.5) is 5.82 Å². The Morgan fingerprint density at radius 3 is 2.79 bits per heavy atom. The average Bonchev–Trinajstić information content (AvgIpc) is 3.00. The number of halogens is 1. The van der Waals surface area contributed by atoms with Crippen LogP contribution in [0, 0.1) is 12.8 Å². The summed E-state index contributed by atoms with van der Waals surface area (Å²) in [6.07, 6.45) is 1.58. The fourth-order valence-electron chi connectivity index (χ4n) is 2.64. The summed E-state index contributed by atoms with van der Waals surface area (Å²) in [5, 5.41) is 7.91. The number of carbonyl (C=O) groups is 1. The first-order valence-electron chi connectivity index (χ1n) is 9.10. The molecular weight excluding hydrogens is 376 g/mol. The van der Waals surface area contributed by atoms with E-state index in [4.69, 9.17) is 16.3 Å². The highest BCUT2D eigenvalue weighted by molar-refractivity contribution is 6.30. The van der Waals surface area contributed by atoms with Gasteiger partial charge in [0.1, 0.15) is 11.4 Å². The number of benzene rings is 1. The quantitative estimate of drug-likeness (QED) is 0.632. The molecule has 2 aromatic heterocycles. The molecule has 3 rings (SSSR count). The van der Waals surface area contributed by atoms with Crippen molar-refractivity contribution in [3.63, 3.8) is 0 Å². The fraction of sp³-hybridized carbons (Fsp3) is 0.286. The second kappa shape index (κ2) is 8.89. The first-order chi connectivity index (χ1) is 13.4. The summed E-state index contributed by atoms with van der Waals surface area (Å²) in [5.74, 6) is 1.38. The van der Waals surface area contributed by atoms with Crippen LogP contribution in [-0.4, -0.2) is 27.3 Å². The van der Waals surface area contributed by atoms with Gasteiger partial charge in [-0.1, -0.05) is 31.5 Å². The lowest BCUT2D eigenvalue weighted by Gasteiger charge is -2.14. The number of anilines is 1. The number of hydrogen-bond acceptors (Lipinski definition) is 4. The average molecular weight is 399 g/mol. The lowest BCUT2D eigenvalue weighted by Crippen LogP contribution is -2.14. The maximum absolute atomic E-state index is 12.3. The van der Waals surface area contributed by atoms with Crippen LogP contribution in [0.15, 0.2) is 48.7 Å². The normalized spacial score (nSPS) is 10.9. The van der Waals surface area contributed by atoms with E-state index in [9.17, 15) is 4.79 Å². The van der Waals surface area contributed by atoms with E-state index in [2.05, 4.69) is 29.2 Å². The van der Waals surface area contributed by atoms with E-state index in [-0.39, 0.29) is 5.91 Å². The number of amides is 1. The highest BCUT2D eigenvalue weighted by Crippen LogP contribution is 2.25. The Morgan fingerprint density at radius 2 is 2.07 bits per heavy atom. The minimum atomic E-state index is -0.297. The zero-order valence-corrected chi connectivity index (χ0v) is 16.9. The van der Waals surface area contributed by atoms with E-state index in [0.717, 1.165) is 17.0 Å². The zero-order valence-electron chi connectivity index (χ0n) is 16.1. The van der Waals surface area contributed by atoms with Crippen LogP contribution in [-0.2, 0) is 6.54 Å². The van der Waals surface area contributed by atoms with E-state index < -0.39 is 0 Å². The van der Waals surface area contributed by atoms with Crippen LogP contribution in [0.5, 0.6) is 5.75 Å². The monoisotopic (exact) mass is 398 g/mol. The largest absolute Gasteiger partial charge is 0.493 e. The van der Waals surface area contributed by atoms with Crippen molar-refractivity contribution < 1.29 is 9.53 Å². The molecule has 1 N–H and O–H groups in total. The maximum Gasteiger partial charge on any atom is 0.275 e. The van der Waals surface area contributed by atoms with Gasteiger partial charge in [0.2, 0.25) is 0 Å². The van der Waals surface area contributed by atoms with Gasteiger partial charge in [0.05, 0.1) is 13.2 Å². The molecule has 7 heteroatoms. The van der Waals surface area contributed by atoms with Crippen LogP contribution < -0.4 is 10.1 Å². The van der Waals surface area contributed by atoms with Crippen LogP contribution in [0.3, 0.4) is 0 Å². The minimum Gasteiger partial charge on any atom is -0.493 e. The van der Waals surface area contributed by atoms with Gasteiger partial charge in [-0.15, -0.1) is 0 Å². The molecule has 3 aromatic rings. The molecular formula is C21H23ClN4O2. The predicted octanol–water partition coefficient (Wildman–Crippen LogP) is 4.58. The molecule has 0 aliphatic carbocycles. The SMILES string of the molecule is Cc1cc(NC(=O)c2ccccn2)nn1Cc1cc(Cl)ccc1OCC(C)C. The number of nitrogens with zero attached hydrogens (tertiary/aromatic N) is 3. The molecule has 0 saturated carbocycles. The topological polar surface area (TPSA) is 69.0 Å². The molecule has 0 aliphatic rings. The van der Waals surface area contributed by atoms with E-state index in [1.807, 2.05) is 35.9 Å². The van der Waals surface area contributed by atoms with Gasteiger partial charge in [-0.25, -0.2) is 0 Å². The van der Waals surface area contributed by atoms with Gasteiger partial charge in [0, 0.05) is 28.5 Å². The van der Waals surface area contributed by atoms with Crippen molar-refractivity contribution >= 4 is 23.3 Å². The number of carbonyl (C=O) groups excluding carboxylic acids is 1. The second-order valence-corrected chi connectivity index (χ2v) is 7.39. The summed E-state index contributed by atoms with van der Waals surface area (Å²) in [6, 6.07) is 12.6. The van der Waals surface area contributed by atoms with Crippen molar-refractivity contribution in [1.82, 2.24) is 14.8 Å². The molecule has 1 amide bonds. The molecule has 2 heterocycles. The summed E-state index contributed by atoms with van der Waals surface area (Å²) < 4.78 is 7.72. The standard InChI is InChI=1S/C21H23ClN4O2/c1-14(2)13-28-19-8-7-17(22)11-16(19)12-26-15(3)10-20(25-26)24-21(27)18-6-4-5-9-23-18/h4-11,14H,12-13H2,1-3H3,(H,24,25,27). The van der Waals surface area contributed by atoms with E-state index >= 15 is 0 Å². The number of aromatic nitrogens is 3. The third kappa shape index (κ3) is 5.10. The number of hydrogen-bond donors (Lipinski definition) is 1. The van der Waals surface area contributed by atoms with Crippen molar-refractivity contribution in [2.24, 2.45) is 5.92 Å². The first-order valence-corrected chi connectivity index (χ1v) is 9.48. The van der Waals surface area contributed by atoms with Crippen LogP contribution in [0.2, 0.25) is 5.02 Å². The van der Waals surface area contributed by atoms with Gasteiger partial charge in [-0.2, -0.15) is 5.10 Å². The minimum absolute atomic E-state index is 0.297. The van der Waals surface area contributed by atoms with Crippen molar-refractivity contribution in [2.45, 2.75) is 27.3 Å². The number of rotatable bonds is 7. The third-order valence-corrected chi connectivity index (χ3v) is 4.27. The van der Waals surface area contributed by atoms with Gasteiger partial charge in [-0.05, 0) is 43.2 Å². The van der Waals surface area contributed by atoms with Crippen LogP contribution in [0.25, 0.3) is 0 Å². The third-order valence-electron chi connectivity index (χ3n) is 4.04. The number of pyridine rings is 1. The lowest BCUT2D eigenvalue weighted by molar-refractivity contribution is 0.102. The Bertz CT molecular complexity index is 954. The molecule has 0 fully saturated rings. The zero-order chi connectivity index (χ0) is 20.1. The first kappa shape index (κ1) is 19.9. The molecule has 0 spiro atoms. The van der Waals surface area contributed by atoms with Crippen LogP contribution >= 0.6 is 11.6 Å². The molecule has 0 saturated heterocycles. The predicted molar refractivity (Wildman–Crippen MR) is 110 cm³/mol. The molecule has 0 unspecified atom stereocenters. The molecule has 1 aromatic carbocycles. The molecule has 0 atom stereocenters. The maximum atomic E-state index is 12.3. The molecule has 0 bridgehead atoms. The number of ether oxygens (including phenoxy) is 1. The second-order valence-electron chi connectivity index (χ2n) is 6.95. The molecule has 0 aliphatic heterocycles. The van der Waals surface area contributed by atoms with Gasteiger partial charge in [0.25, 0.3) is 5.91 Å². The van der Waals surface area contributed by atoms with Gasteiger partial charge < -0.3 is 10.1 Å². The Balaban J connectivity index is 1.77. The highest BCUT2D eigenvalue weighted by Gasteiger charge is 2.13. The molecule has 6 nitrogen and oxygen atoms in total. The van der Waals surface area contributed by atoms with Crippen molar-refractivity contribution in [1.29, 1.82) is 0 Å². The summed E-state index contributed by atoms with van der Waals surface area (Å²) in [6.45, 7) is 7.24. The summed E-state index contributed by atoms with van der Waals surface area (Å²) in [7, 11) is 0. The lowest BCUT2D eigenvalue weighted by atomic mass is 10.2. The van der Waals surface area contributed by atoms with E-state index in [0.29, 0.717) is 35.6 Å². The fourth-order valence-corrected chi connectivity index (χ4v) is 2.83. The van der Waals surface area contributed by atoms with E-state index in [1.165, 1.54) is 0 Å².